The zero-order valence-corrected chi connectivity index (χ0v) is 19.0. The van der Waals surface area contributed by atoms with Crippen LogP contribution in [0.1, 0.15) is 28.8 Å². The minimum absolute atomic E-state index is 0.0750. The average molecular weight is 461 g/mol. The van der Waals surface area contributed by atoms with Crippen molar-refractivity contribution in [3.05, 3.63) is 66.0 Å². The maximum atomic E-state index is 13.2. The Balaban J connectivity index is 1.21. The van der Waals surface area contributed by atoms with Crippen LogP contribution < -0.4 is 4.74 Å². The van der Waals surface area contributed by atoms with Gasteiger partial charge >= 0.3 is 0 Å². The molecule has 0 unspecified atom stereocenters. The topological polar surface area (TPSA) is 95.9 Å². The van der Waals surface area contributed by atoms with E-state index in [0.717, 1.165) is 29.6 Å². The molecule has 2 saturated heterocycles. The molecule has 1 aromatic carbocycles. The molecule has 0 saturated carbocycles. The third kappa shape index (κ3) is 4.72. The van der Waals surface area contributed by atoms with Gasteiger partial charge in [0.05, 0.1) is 23.7 Å². The molecular weight excluding hydrogens is 432 g/mol. The minimum atomic E-state index is -0.603. The zero-order chi connectivity index (χ0) is 23.5. The highest BCUT2D eigenvalue weighted by atomic mass is 16.5. The number of hydrogen-bond donors (Lipinski definition) is 1. The first kappa shape index (κ1) is 22.3. The van der Waals surface area contributed by atoms with E-state index < -0.39 is 6.10 Å². The van der Waals surface area contributed by atoms with E-state index in [0.29, 0.717) is 50.4 Å². The van der Waals surface area contributed by atoms with Crippen LogP contribution in [0.5, 0.6) is 5.75 Å². The van der Waals surface area contributed by atoms with Crippen LogP contribution >= 0.6 is 0 Å². The second-order valence-corrected chi connectivity index (χ2v) is 8.94. The predicted molar refractivity (Wildman–Crippen MR) is 126 cm³/mol. The van der Waals surface area contributed by atoms with E-state index in [1.54, 1.807) is 35.5 Å². The fourth-order valence-corrected chi connectivity index (χ4v) is 4.82. The summed E-state index contributed by atoms with van der Waals surface area (Å²) in [5.41, 5.74) is 3.21. The highest BCUT2D eigenvalue weighted by Crippen LogP contribution is 2.26. The lowest BCUT2D eigenvalue weighted by Crippen LogP contribution is -2.30. The number of aliphatic hydroxyl groups is 1. The van der Waals surface area contributed by atoms with Gasteiger partial charge in [-0.1, -0.05) is 6.07 Å². The predicted octanol–water partition coefficient (Wildman–Crippen LogP) is 2.31. The van der Waals surface area contributed by atoms with Crippen molar-refractivity contribution in [2.24, 2.45) is 5.92 Å². The van der Waals surface area contributed by atoms with Crippen LogP contribution in [0.25, 0.3) is 11.0 Å². The van der Waals surface area contributed by atoms with Crippen LogP contribution in [-0.2, 0) is 11.2 Å². The average Bonchev–Trinajstić information content (AvgIpc) is 3.44. The number of rotatable bonds is 7. The lowest BCUT2D eigenvalue weighted by molar-refractivity contribution is -0.128. The first-order chi connectivity index (χ1) is 16.6. The summed E-state index contributed by atoms with van der Waals surface area (Å²) in [7, 11) is 0. The molecule has 5 rings (SSSR count). The van der Waals surface area contributed by atoms with Gasteiger partial charge in [0.2, 0.25) is 5.91 Å². The number of amides is 2. The Morgan fingerprint density at radius 1 is 1.12 bits per heavy atom. The quantitative estimate of drug-likeness (QED) is 0.581. The maximum absolute atomic E-state index is 13.2. The van der Waals surface area contributed by atoms with Gasteiger partial charge < -0.3 is 19.6 Å². The van der Waals surface area contributed by atoms with Crippen molar-refractivity contribution < 1.29 is 19.4 Å². The summed E-state index contributed by atoms with van der Waals surface area (Å²) >= 11 is 0. The van der Waals surface area contributed by atoms with Gasteiger partial charge in [-0.2, -0.15) is 0 Å². The number of pyridine rings is 2. The monoisotopic (exact) mass is 460 g/mol. The van der Waals surface area contributed by atoms with E-state index in [1.807, 2.05) is 29.2 Å². The van der Waals surface area contributed by atoms with Gasteiger partial charge in [0, 0.05) is 49.9 Å². The molecule has 176 valence electrons. The first-order valence-corrected chi connectivity index (χ1v) is 11.7. The van der Waals surface area contributed by atoms with Crippen LogP contribution in [0, 0.1) is 5.92 Å². The van der Waals surface area contributed by atoms with Crippen LogP contribution in [0.4, 0.5) is 0 Å². The minimum Gasteiger partial charge on any atom is -0.492 e. The number of carbonyl (C=O) groups excluding carboxylic acids is 2. The smallest absolute Gasteiger partial charge is 0.254 e. The summed E-state index contributed by atoms with van der Waals surface area (Å²) in [6.07, 6.45) is 5.04. The number of aromatic nitrogens is 2. The standard InChI is InChI=1S/C26H28N4O4/c31-23-17-30(16-20(23)14-18-8-10-27-22-6-2-9-28-25(18)22)26(33)19-4-1-5-21(15-19)34-13-12-29-11-3-7-24(29)32/h1-2,4-6,8-10,15,20,23,31H,3,7,11-14,16-17H2/t20-,23+/m0/s1. The third-order valence-electron chi connectivity index (χ3n) is 6.64. The first-order valence-electron chi connectivity index (χ1n) is 11.7. The lowest BCUT2D eigenvalue weighted by Gasteiger charge is -2.18. The molecule has 8 heteroatoms. The fraction of sp³-hybridized carbons (Fsp3) is 0.385. The summed E-state index contributed by atoms with van der Waals surface area (Å²) in [5.74, 6) is 0.571. The summed E-state index contributed by atoms with van der Waals surface area (Å²) in [4.78, 5) is 37.2. The van der Waals surface area contributed by atoms with Gasteiger partial charge in [0.25, 0.3) is 5.91 Å². The molecule has 1 N–H and O–H groups in total. The molecule has 0 spiro atoms. The Hall–Kier alpha value is -3.52. The number of carbonyl (C=O) groups is 2. The molecule has 4 heterocycles. The Labute approximate surface area is 198 Å². The van der Waals surface area contributed by atoms with Gasteiger partial charge in [0.15, 0.2) is 0 Å². The summed E-state index contributed by atoms with van der Waals surface area (Å²) in [6.45, 7) is 2.49. The Kier molecular flexibility index (Phi) is 6.40. The molecule has 2 aromatic heterocycles. The van der Waals surface area contributed by atoms with Crippen molar-refractivity contribution in [3.8, 4) is 5.75 Å². The molecule has 0 radical (unpaired) electrons. The van der Waals surface area contributed by atoms with E-state index in [-0.39, 0.29) is 17.7 Å². The van der Waals surface area contributed by atoms with Crippen LogP contribution in [0.15, 0.2) is 54.9 Å². The maximum Gasteiger partial charge on any atom is 0.254 e. The number of benzene rings is 1. The molecule has 2 atom stereocenters. The molecule has 2 aliphatic rings. The van der Waals surface area contributed by atoms with E-state index >= 15 is 0 Å². The van der Waals surface area contributed by atoms with Gasteiger partial charge in [-0.25, -0.2) is 0 Å². The summed E-state index contributed by atoms with van der Waals surface area (Å²) < 4.78 is 5.81. The van der Waals surface area contributed by atoms with E-state index in [4.69, 9.17) is 4.74 Å². The van der Waals surface area contributed by atoms with Crippen molar-refractivity contribution >= 4 is 22.8 Å². The van der Waals surface area contributed by atoms with Gasteiger partial charge in [-0.15, -0.1) is 0 Å². The molecule has 2 amide bonds. The lowest BCUT2D eigenvalue weighted by atomic mass is 9.96. The number of β-amino-alcohol motifs (C(OH)–C–C–N with tert-alkyl or cyclic N) is 1. The molecule has 2 fully saturated rings. The zero-order valence-electron chi connectivity index (χ0n) is 19.0. The molecule has 34 heavy (non-hydrogen) atoms. The molecule has 0 bridgehead atoms. The number of hydrogen-bond acceptors (Lipinski definition) is 6. The highest BCUT2D eigenvalue weighted by Gasteiger charge is 2.34. The van der Waals surface area contributed by atoms with E-state index in [9.17, 15) is 14.7 Å². The number of ether oxygens (including phenoxy) is 1. The van der Waals surface area contributed by atoms with Gasteiger partial charge in [-0.05, 0) is 54.8 Å². The van der Waals surface area contributed by atoms with Crippen LogP contribution in [0.3, 0.4) is 0 Å². The van der Waals surface area contributed by atoms with Crippen molar-refractivity contribution in [2.75, 3.05) is 32.8 Å². The van der Waals surface area contributed by atoms with E-state index in [1.165, 1.54) is 0 Å². The van der Waals surface area contributed by atoms with Gasteiger partial charge in [0.1, 0.15) is 12.4 Å². The number of nitrogens with zero attached hydrogens (tertiary/aromatic N) is 4. The Morgan fingerprint density at radius 2 is 2.03 bits per heavy atom. The Bertz CT molecular complexity index is 1190. The largest absolute Gasteiger partial charge is 0.492 e. The number of likely N-dealkylation sites (tertiary alicyclic amines) is 2. The summed E-state index contributed by atoms with van der Waals surface area (Å²) in [6, 6.07) is 12.8. The van der Waals surface area contributed by atoms with Crippen LogP contribution in [0.2, 0.25) is 0 Å². The van der Waals surface area contributed by atoms with Crippen molar-refractivity contribution in [1.29, 1.82) is 0 Å². The van der Waals surface area contributed by atoms with Gasteiger partial charge in [-0.3, -0.25) is 19.6 Å². The third-order valence-corrected chi connectivity index (χ3v) is 6.64. The normalized spacial score (nSPS) is 20.3. The Morgan fingerprint density at radius 3 is 2.88 bits per heavy atom. The second-order valence-electron chi connectivity index (χ2n) is 8.94. The number of fused-ring (bicyclic) bond motifs is 1. The van der Waals surface area contributed by atoms with Crippen molar-refractivity contribution in [3.63, 3.8) is 0 Å². The molecule has 8 nitrogen and oxygen atoms in total. The van der Waals surface area contributed by atoms with E-state index in [2.05, 4.69) is 9.97 Å². The number of aliphatic hydroxyl groups excluding tert-OH is 1. The van der Waals surface area contributed by atoms with Crippen molar-refractivity contribution in [1.82, 2.24) is 19.8 Å². The molecule has 0 aliphatic carbocycles. The molecular formula is C26H28N4O4. The molecule has 3 aromatic rings. The molecule has 2 aliphatic heterocycles. The highest BCUT2D eigenvalue weighted by molar-refractivity contribution is 5.94. The fourth-order valence-electron chi connectivity index (χ4n) is 4.82. The summed E-state index contributed by atoms with van der Waals surface area (Å²) in [5, 5.41) is 10.7. The van der Waals surface area contributed by atoms with Crippen LogP contribution in [-0.4, -0.2) is 75.6 Å². The SMILES string of the molecule is O=C1CCCN1CCOc1cccc(C(=O)N2C[C@H](Cc3ccnc4cccnc34)[C@H](O)C2)c1. The second kappa shape index (κ2) is 9.77. The van der Waals surface area contributed by atoms with Crippen molar-refractivity contribution in [2.45, 2.75) is 25.4 Å².